The Kier molecular flexibility index (Phi) is 3.21. The highest BCUT2D eigenvalue weighted by Crippen LogP contribution is 2.18. The van der Waals surface area contributed by atoms with Crippen LogP contribution in [0.25, 0.3) is 10.9 Å². The number of amides is 1. The van der Waals surface area contributed by atoms with Gasteiger partial charge in [0, 0.05) is 11.9 Å². The van der Waals surface area contributed by atoms with E-state index in [2.05, 4.69) is 10.00 Å². The van der Waals surface area contributed by atoms with Gasteiger partial charge in [0.1, 0.15) is 0 Å². The molecular weight excluding hydrogens is 240 g/mol. The highest BCUT2D eigenvalue weighted by Gasteiger charge is 2.16. The number of aromatic nitrogens is 2. The van der Waals surface area contributed by atoms with E-state index in [4.69, 9.17) is 5.73 Å². The van der Waals surface area contributed by atoms with Crippen LogP contribution in [-0.2, 0) is 6.54 Å². The number of likely N-dealkylation sites (tertiary alicyclic amines) is 1. The zero-order chi connectivity index (χ0) is 13.2. The Balaban J connectivity index is 1.87. The van der Waals surface area contributed by atoms with Crippen molar-refractivity contribution in [2.75, 3.05) is 19.6 Å². The summed E-state index contributed by atoms with van der Waals surface area (Å²) in [6.07, 6.45) is 2.57. The van der Waals surface area contributed by atoms with Crippen molar-refractivity contribution in [3.63, 3.8) is 0 Å². The predicted octanol–water partition coefficient (Wildman–Crippen LogP) is 1.23. The summed E-state index contributed by atoms with van der Waals surface area (Å²) in [5, 5.41) is 5.21. The number of hydrogen-bond acceptors (Lipinski definition) is 3. The quantitative estimate of drug-likeness (QED) is 0.897. The fraction of sp³-hybridized carbons (Fsp3) is 0.429. The Bertz CT molecular complexity index is 599. The average Bonchev–Trinajstić information content (AvgIpc) is 3.04. The molecule has 1 aromatic heterocycles. The van der Waals surface area contributed by atoms with Crippen LogP contribution in [0, 0.1) is 0 Å². The zero-order valence-corrected chi connectivity index (χ0v) is 10.9. The molecule has 2 heterocycles. The van der Waals surface area contributed by atoms with Gasteiger partial charge in [-0.25, -0.2) is 0 Å². The van der Waals surface area contributed by atoms with Gasteiger partial charge in [-0.3, -0.25) is 9.48 Å². The van der Waals surface area contributed by atoms with Crippen LogP contribution in [0.5, 0.6) is 0 Å². The Morgan fingerprint density at radius 1 is 1.21 bits per heavy atom. The first-order valence-corrected chi connectivity index (χ1v) is 6.73. The lowest BCUT2D eigenvalue weighted by molar-refractivity contribution is 0.0996. The minimum atomic E-state index is -0.462. The van der Waals surface area contributed by atoms with E-state index < -0.39 is 5.91 Å². The average molecular weight is 258 g/mol. The fourth-order valence-electron chi connectivity index (χ4n) is 2.72. The van der Waals surface area contributed by atoms with Gasteiger partial charge in [0.25, 0.3) is 5.91 Å². The number of nitrogens with two attached hydrogens (primary N) is 1. The third-order valence-corrected chi connectivity index (χ3v) is 3.72. The molecule has 0 saturated carbocycles. The zero-order valence-electron chi connectivity index (χ0n) is 10.9. The van der Waals surface area contributed by atoms with E-state index in [1.165, 1.54) is 25.9 Å². The van der Waals surface area contributed by atoms with E-state index in [9.17, 15) is 4.79 Å². The summed E-state index contributed by atoms with van der Waals surface area (Å²) < 4.78 is 1.90. The molecule has 1 amide bonds. The molecule has 1 saturated heterocycles. The molecule has 5 heteroatoms. The molecule has 19 heavy (non-hydrogen) atoms. The largest absolute Gasteiger partial charge is 0.364 e. The van der Waals surface area contributed by atoms with E-state index in [1.807, 2.05) is 28.9 Å². The van der Waals surface area contributed by atoms with E-state index in [0.717, 1.165) is 24.0 Å². The number of hydrogen-bond donors (Lipinski definition) is 1. The standard InChI is InChI=1S/C14H18N4O/c15-14(19)13-11-5-1-2-6-12(11)18(16-13)10-9-17-7-3-4-8-17/h1-2,5-6H,3-4,7-10H2,(H2,15,19). The van der Waals surface area contributed by atoms with Crippen molar-refractivity contribution in [2.45, 2.75) is 19.4 Å². The summed E-state index contributed by atoms with van der Waals surface area (Å²) in [6, 6.07) is 7.75. The molecule has 0 spiro atoms. The molecule has 0 aliphatic carbocycles. The van der Waals surface area contributed by atoms with E-state index in [-0.39, 0.29) is 0 Å². The van der Waals surface area contributed by atoms with Gasteiger partial charge in [0.15, 0.2) is 5.69 Å². The number of fused-ring (bicyclic) bond motifs is 1. The topological polar surface area (TPSA) is 64.2 Å². The molecule has 2 N–H and O–H groups in total. The van der Waals surface area contributed by atoms with E-state index >= 15 is 0 Å². The third-order valence-electron chi connectivity index (χ3n) is 3.72. The van der Waals surface area contributed by atoms with Gasteiger partial charge in [-0.15, -0.1) is 0 Å². The normalized spacial score (nSPS) is 16.2. The number of primary amides is 1. The Labute approximate surface area is 112 Å². The lowest BCUT2D eigenvalue weighted by Gasteiger charge is -2.14. The maximum atomic E-state index is 11.4. The molecule has 0 radical (unpaired) electrons. The molecule has 1 aliphatic rings. The van der Waals surface area contributed by atoms with Gasteiger partial charge >= 0.3 is 0 Å². The van der Waals surface area contributed by atoms with Crippen molar-refractivity contribution < 1.29 is 4.79 Å². The smallest absolute Gasteiger partial charge is 0.269 e. The number of para-hydroxylation sites is 1. The van der Waals surface area contributed by atoms with Gasteiger partial charge in [0.05, 0.1) is 12.1 Å². The lowest BCUT2D eigenvalue weighted by atomic mass is 10.2. The maximum absolute atomic E-state index is 11.4. The minimum Gasteiger partial charge on any atom is -0.364 e. The van der Waals surface area contributed by atoms with Crippen LogP contribution >= 0.6 is 0 Å². The maximum Gasteiger partial charge on any atom is 0.269 e. The molecule has 2 aromatic rings. The Morgan fingerprint density at radius 3 is 2.68 bits per heavy atom. The van der Waals surface area contributed by atoms with Crippen LogP contribution in [-0.4, -0.2) is 40.2 Å². The number of carbonyl (C=O) groups excluding carboxylic acids is 1. The van der Waals surface area contributed by atoms with Crippen LogP contribution in [0.1, 0.15) is 23.3 Å². The van der Waals surface area contributed by atoms with Crippen LogP contribution < -0.4 is 5.73 Å². The molecular formula is C14H18N4O. The molecule has 1 fully saturated rings. The second kappa shape index (κ2) is 5.01. The van der Waals surface area contributed by atoms with Gasteiger partial charge in [0.2, 0.25) is 0 Å². The molecule has 1 aliphatic heterocycles. The van der Waals surface area contributed by atoms with Crippen molar-refractivity contribution in [1.82, 2.24) is 14.7 Å². The Morgan fingerprint density at radius 2 is 1.95 bits per heavy atom. The first kappa shape index (κ1) is 12.2. The summed E-state index contributed by atoms with van der Waals surface area (Å²) in [7, 11) is 0. The molecule has 0 atom stereocenters. The Hall–Kier alpha value is -1.88. The second-order valence-corrected chi connectivity index (χ2v) is 5.00. The molecule has 0 bridgehead atoms. The summed E-state index contributed by atoms with van der Waals surface area (Å²) in [4.78, 5) is 13.9. The van der Waals surface area contributed by atoms with Crippen molar-refractivity contribution in [1.29, 1.82) is 0 Å². The van der Waals surface area contributed by atoms with Crippen LogP contribution in [0.2, 0.25) is 0 Å². The SMILES string of the molecule is NC(=O)c1nn(CCN2CCCC2)c2ccccc12. The number of carbonyl (C=O) groups is 1. The fourth-order valence-corrected chi connectivity index (χ4v) is 2.72. The van der Waals surface area contributed by atoms with Crippen molar-refractivity contribution in [2.24, 2.45) is 5.73 Å². The van der Waals surface area contributed by atoms with E-state index in [1.54, 1.807) is 0 Å². The first-order valence-electron chi connectivity index (χ1n) is 6.73. The molecule has 0 unspecified atom stereocenters. The van der Waals surface area contributed by atoms with Crippen molar-refractivity contribution in [3.8, 4) is 0 Å². The highest BCUT2D eigenvalue weighted by molar-refractivity contribution is 6.04. The number of rotatable bonds is 4. The van der Waals surface area contributed by atoms with Gasteiger partial charge in [-0.2, -0.15) is 5.10 Å². The minimum absolute atomic E-state index is 0.372. The van der Waals surface area contributed by atoms with Crippen molar-refractivity contribution in [3.05, 3.63) is 30.0 Å². The summed E-state index contributed by atoms with van der Waals surface area (Å²) in [5.74, 6) is -0.462. The number of benzene rings is 1. The highest BCUT2D eigenvalue weighted by atomic mass is 16.1. The number of nitrogens with zero attached hydrogens (tertiary/aromatic N) is 3. The van der Waals surface area contributed by atoms with Gasteiger partial charge in [-0.05, 0) is 32.0 Å². The molecule has 100 valence electrons. The predicted molar refractivity (Wildman–Crippen MR) is 73.9 cm³/mol. The summed E-state index contributed by atoms with van der Waals surface area (Å²) >= 11 is 0. The second-order valence-electron chi connectivity index (χ2n) is 5.00. The molecule has 5 nitrogen and oxygen atoms in total. The van der Waals surface area contributed by atoms with Gasteiger partial charge in [-0.1, -0.05) is 18.2 Å². The van der Waals surface area contributed by atoms with Crippen LogP contribution in [0.3, 0.4) is 0 Å². The summed E-state index contributed by atoms with van der Waals surface area (Å²) in [6.45, 7) is 4.11. The lowest BCUT2D eigenvalue weighted by Crippen LogP contribution is -2.24. The summed E-state index contributed by atoms with van der Waals surface area (Å²) in [5.41, 5.74) is 6.74. The molecule has 1 aromatic carbocycles. The van der Waals surface area contributed by atoms with Crippen LogP contribution in [0.15, 0.2) is 24.3 Å². The first-order chi connectivity index (χ1) is 9.25. The monoisotopic (exact) mass is 258 g/mol. The molecule has 3 rings (SSSR count). The van der Waals surface area contributed by atoms with Gasteiger partial charge < -0.3 is 10.6 Å². The van der Waals surface area contributed by atoms with Crippen LogP contribution in [0.4, 0.5) is 0 Å². The third kappa shape index (κ3) is 2.33. The van der Waals surface area contributed by atoms with E-state index in [0.29, 0.717) is 5.69 Å². The van der Waals surface area contributed by atoms with Crippen molar-refractivity contribution >= 4 is 16.8 Å².